The Morgan fingerprint density at radius 1 is 1.35 bits per heavy atom. The highest BCUT2D eigenvalue weighted by Gasteiger charge is 2.17. The Balaban J connectivity index is 2.60. The van der Waals surface area contributed by atoms with Crippen molar-refractivity contribution in [2.24, 2.45) is 5.41 Å². The van der Waals surface area contributed by atoms with Crippen LogP contribution in [0.4, 0.5) is 4.39 Å². The van der Waals surface area contributed by atoms with Crippen LogP contribution in [0.15, 0.2) is 30.3 Å². The van der Waals surface area contributed by atoms with Gasteiger partial charge in [0.2, 0.25) is 5.91 Å². The fourth-order valence-corrected chi connectivity index (χ4v) is 1.76. The summed E-state index contributed by atoms with van der Waals surface area (Å²) in [4.78, 5) is 11.8. The largest absolute Gasteiger partial charge is 0.396 e. The Hall–Kier alpha value is -1.68. The zero-order valence-corrected chi connectivity index (χ0v) is 12.2. The minimum Gasteiger partial charge on any atom is -0.396 e. The summed E-state index contributed by atoms with van der Waals surface area (Å²) >= 11 is 0. The Morgan fingerprint density at radius 3 is 2.50 bits per heavy atom. The van der Waals surface area contributed by atoms with Gasteiger partial charge in [-0.25, -0.2) is 4.39 Å². The number of carbonyl (C=O) groups excluding carboxylic acids is 1. The molecule has 110 valence electrons. The number of nitrogens with one attached hydrogen (secondary N) is 1. The summed E-state index contributed by atoms with van der Waals surface area (Å²) in [7, 11) is 0. The van der Waals surface area contributed by atoms with Crippen molar-refractivity contribution in [1.29, 1.82) is 0 Å². The number of hydrogen-bond donors (Lipinski definition) is 2. The Bertz CT molecular complexity index is 478. The van der Waals surface area contributed by atoms with Gasteiger partial charge in [0.15, 0.2) is 0 Å². The minimum atomic E-state index is -0.295. The van der Waals surface area contributed by atoms with Gasteiger partial charge in [0, 0.05) is 19.2 Å². The Kier molecular flexibility index (Phi) is 5.89. The average Bonchev–Trinajstić information content (AvgIpc) is 2.37. The van der Waals surface area contributed by atoms with Gasteiger partial charge in [-0.3, -0.25) is 4.79 Å². The lowest BCUT2D eigenvalue weighted by Crippen LogP contribution is -2.33. The topological polar surface area (TPSA) is 49.3 Å². The van der Waals surface area contributed by atoms with Crippen molar-refractivity contribution in [2.45, 2.75) is 27.2 Å². The van der Waals surface area contributed by atoms with E-state index in [2.05, 4.69) is 5.32 Å². The molecular formula is C16H22FNO2. The molecule has 4 heteroatoms. The first-order valence-corrected chi connectivity index (χ1v) is 6.67. The van der Waals surface area contributed by atoms with Crippen molar-refractivity contribution < 1.29 is 14.3 Å². The lowest BCUT2D eigenvalue weighted by Gasteiger charge is -2.23. The zero-order chi connectivity index (χ0) is 15.2. The van der Waals surface area contributed by atoms with Crippen LogP contribution in [0.1, 0.15) is 32.8 Å². The lowest BCUT2D eigenvalue weighted by molar-refractivity contribution is -0.116. The molecule has 3 nitrogen and oxygen atoms in total. The van der Waals surface area contributed by atoms with E-state index < -0.39 is 0 Å². The van der Waals surface area contributed by atoms with E-state index in [-0.39, 0.29) is 23.7 Å². The van der Waals surface area contributed by atoms with Gasteiger partial charge in [-0.15, -0.1) is 0 Å². The van der Waals surface area contributed by atoms with E-state index in [4.69, 9.17) is 5.11 Å². The number of carbonyl (C=O) groups is 1. The van der Waals surface area contributed by atoms with Gasteiger partial charge in [0.25, 0.3) is 0 Å². The summed E-state index contributed by atoms with van der Waals surface area (Å²) in [5.41, 5.74) is 1.46. The molecule has 1 amide bonds. The molecule has 0 heterocycles. The predicted molar refractivity (Wildman–Crippen MR) is 78.5 cm³/mol. The molecular weight excluding hydrogens is 257 g/mol. The molecule has 0 aliphatic carbocycles. The fraction of sp³-hybridized carbons (Fsp3) is 0.438. The molecule has 0 atom stereocenters. The third-order valence-electron chi connectivity index (χ3n) is 3.18. The first-order chi connectivity index (χ1) is 9.34. The number of halogens is 1. The van der Waals surface area contributed by atoms with Gasteiger partial charge < -0.3 is 10.4 Å². The summed E-state index contributed by atoms with van der Waals surface area (Å²) in [6.45, 7) is 6.39. The van der Waals surface area contributed by atoms with Crippen LogP contribution in [0.25, 0.3) is 5.57 Å². The SMILES string of the molecule is C/C(=C/C(=O)NCC(C)(C)CCO)c1ccc(F)cc1. The van der Waals surface area contributed by atoms with E-state index in [9.17, 15) is 9.18 Å². The molecule has 20 heavy (non-hydrogen) atoms. The van der Waals surface area contributed by atoms with Crippen LogP contribution in [-0.2, 0) is 4.79 Å². The van der Waals surface area contributed by atoms with Crippen LogP contribution in [0.2, 0.25) is 0 Å². The van der Waals surface area contributed by atoms with Crippen molar-refractivity contribution in [3.63, 3.8) is 0 Å². The highest BCUT2D eigenvalue weighted by atomic mass is 19.1. The van der Waals surface area contributed by atoms with Crippen molar-refractivity contribution in [3.05, 3.63) is 41.7 Å². The monoisotopic (exact) mass is 279 g/mol. The van der Waals surface area contributed by atoms with Crippen LogP contribution in [0, 0.1) is 11.2 Å². The van der Waals surface area contributed by atoms with Gasteiger partial charge in [0.05, 0.1) is 0 Å². The maximum Gasteiger partial charge on any atom is 0.244 e. The zero-order valence-electron chi connectivity index (χ0n) is 12.2. The number of rotatable bonds is 6. The molecule has 0 bridgehead atoms. The number of benzene rings is 1. The Labute approximate surface area is 119 Å². The van der Waals surface area contributed by atoms with Gasteiger partial charge in [0.1, 0.15) is 5.82 Å². The fourth-order valence-electron chi connectivity index (χ4n) is 1.76. The third kappa shape index (κ3) is 5.53. The van der Waals surface area contributed by atoms with E-state index in [0.717, 1.165) is 11.1 Å². The molecule has 1 aromatic carbocycles. The van der Waals surface area contributed by atoms with E-state index >= 15 is 0 Å². The summed E-state index contributed by atoms with van der Waals surface area (Å²) in [6, 6.07) is 6.03. The number of amides is 1. The van der Waals surface area contributed by atoms with Crippen molar-refractivity contribution in [2.75, 3.05) is 13.2 Å². The molecule has 0 spiro atoms. The first kappa shape index (κ1) is 16.4. The van der Waals surface area contributed by atoms with E-state index in [0.29, 0.717) is 13.0 Å². The van der Waals surface area contributed by atoms with Gasteiger partial charge >= 0.3 is 0 Å². The minimum absolute atomic E-state index is 0.104. The highest BCUT2D eigenvalue weighted by molar-refractivity contribution is 5.94. The molecule has 0 aliphatic heterocycles. The third-order valence-corrected chi connectivity index (χ3v) is 3.18. The number of allylic oxidation sites excluding steroid dienone is 1. The van der Waals surface area contributed by atoms with Crippen molar-refractivity contribution in [3.8, 4) is 0 Å². The van der Waals surface area contributed by atoms with Crippen LogP contribution in [0.3, 0.4) is 0 Å². The number of aliphatic hydroxyl groups excluding tert-OH is 1. The molecule has 1 rings (SSSR count). The molecule has 1 aromatic rings. The van der Waals surface area contributed by atoms with Crippen molar-refractivity contribution >= 4 is 11.5 Å². The van der Waals surface area contributed by atoms with Gasteiger partial charge in [-0.1, -0.05) is 26.0 Å². The second-order valence-corrected chi connectivity index (χ2v) is 5.69. The second-order valence-electron chi connectivity index (χ2n) is 5.69. The average molecular weight is 279 g/mol. The summed E-state index contributed by atoms with van der Waals surface area (Å²) < 4.78 is 12.8. The van der Waals surface area contributed by atoms with Crippen LogP contribution < -0.4 is 5.32 Å². The quantitative estimate of drug-likeness (QED) is 0.787. The second kappa shape index (κ2) is 7.20. The summed E-state index contributed by atoms with van der Waals surface area (Å²) in [5.74, 6) is -0.477. The van der Waals surface area contributed by atoms with E-state index in [1.807, 2.05) is 20.8 Å². The molecule has 0 saturated carbocycles. The smallest absolute Gasteiger partial charge is 0.244 e. The Morgan fingerprint density at radius 2 is 1.95 bits per heavy atom. The summed E-state index contributed by atoms with van der Waals surface area (Å²) in [5, 5.41) is 11.7. The first-order valence-electron chi connectivity index (χ1n) is 6.67. The van der Waals surface area contributed by atoms with E-state index in [1.54, 1.807) is 12.1 Å². The van der Waals surface area contributed by atoms with Gasteiger partial charge in [-0.05, 0) is 42.0 Å². The lowest BCUT2D eigenvalue weighted by atomic mass is 9.90. The highest BCUT2D eigenvalue weighted by Crippen LogP contribution is 2.18. The molecule has 2 N–H and O–H groups in total. The standard InChI is InChI=1S/C16H22FNO2/c1-12(13-4-6-14(17)7-5-13)10-15(20)18-11-16(2,3)8-9-19/h4-7,10,19H,8-9,11H2,1-3H3,(H,18,20)/b12-10-. The van der Waals surface area contributed by atoms with Crippen LogP contribution in [-0.4, -0.2) is 24.2 Å². The van der Waals surface area contributed by atoms with E-state index in [1.165, 1.54) is 18.2 Å². The molecule has 0 aliphatic rings. The van der Waals surface area contributed by atoms with Gasteiger partial charge in [-0.2, -0.15) is 0 Å². The maximum absolute atomic E-state index is 12.8. The number of aliphatic hydroxyl groups is 1. The molecule has 0 radical (unpaired) electrons. The van der Waals surface area contributed by atoms with Crippen molar-refractivity contribution in [1.82, 2.24) is 5.32 Å². The molecule has 0 aromatic heterocycles. The molecule has 0 unspecified atom stereocenters. The predicted octanol–water partition coefficient (Wildman–Crippen LogP) is 2.75. The van der Waals surface area contributed by atoms with Crippen LogP contribution >= 0.6 is 0 Å². The van der Waals surface area contributed by atoms with Crippen LogP contribution in [0.5, 0.6) is 0 Å². The molecule has 0 saturated heterocycles. The summed E-state index contributed by atoms with van der Waals surface area (Å²) in [6.07, 6.45) is 2.14. The number of hydrogen-bond acceptors (Lipinski definition) is 2. The normalized spacial score (nSPS) is 12.3. The maximum atomic E-state index is 12.8. The molecule has 0 fully saturated rings.